The molecule has 0 bridgehead atoms. The molecule has 3 nitrogen and oxygen atoms in total. The van der Waals surface area contributed by atoms with Gasteiger partial charge in [0.2, 0.25) is 0 Å². The lowest BCUT2D eigenvalue weighted by Gasteiger charge is -2.07. The number of rotatable bonds is 3. The third-order valence-electron chi connectivity index (χ3n) is 2.35. The monoisotopic (exact) mass is 293 g/mol. The summed E-state index contributed by atoms with van der Waals surface area (Å²) in [7, 11) is 0. The Bertz CT molecular complexity index is 638. The van der Waals surface area contributed by atoms with E-state index in [2.05, 4.69) is 9.97 Å². The second-order valence-corrected chi connectivity index (χ2v) is 5.16. The maximum atomic E-state index is 12.9. The van der Waals surface area contributed by atoms with E-state index in [1.54, 1.807) is 12.1 Å². The smallest absolute Gasteiger partial charge is 0.189 e. The van der Waals surface area contributed by atoms with Gasteiger partial charge in [-0.05, 0) is 30.0 Å². The Kier molecular flexibility index (Phi) is 4.35. The number of nitrogens with zero attached hydrogens (tertiary/aromatic N) is 3. The molecule has 6 heteroatoms. The van der Waals surface area contributed by atoms with Gasteiger partial charge in [0.05, 0.1) is 5.69 Å². The summed E-state index contributed by atoms with van der Waals surface area (Å²) in [4.78, 5) is 8.37. The molecule has 96 valence electrons. The zero-order chi connectivity index (χ0) is 13.8. The van der Waals surface area contributed by atoms with Crippen LogP contribution in [0.3, 0.4) is 0 Å². The van der Waals surface area contributed by atoms with E-state index in [1.807, 2.05) is 13.0 Å². The molecule has 0 unspecified atom stereocenters. The molecule has 1 aromatic carbocycles. The molecule has 19 heavy (non-hydrogen) atoms. The Morgan fingerprint density at radius 3 is 2.58 bits per heavy atom. The molecule has 2 rings (SSSR count). The van der Waals surface area contributed by atoms with Gasteiger partial charge >= 0.3 is 0 Å². The van der Waals surface area contributed by atoms with E-state index >= 15 is 0 Å². The van der Waals surface area contributed by atoms with E-state index in [-0.39, 0.29) is 16.5 Å². The van der Waals surface area contributed by atoms with Gasteiger partial charge in [0.1, 0.15) is 17.4 Å². The molecular weight excluding hydrogens is 285 g/mol. The average Bonchev–Trinajstić information content (AvgIpc) is 2.39. The summed E-state index contributed by atoms with van der Waals surface area (Å²) in [6.07, 6.45) is 0. The quantitative estimate of drug-likeness (QED) is 0.489. The normalized spacial score (nSPS) is 10.2. The molecule has 0 N–H and O–H groups in total. The van der Waals surface area contributed by atoms with E-state index < -0.39 is 0 Å². The Hall–Kier alpha value is -1.64. The molecule has 0 saturated carbocycles. The number of hydrogen-bond donors (Lipinski definition) is 0. The van der Waals surface area contributed by atoms with E-state index in [1.165, 1.54) is 23.9 Å². The topological polar surface area (TPSA) is 49.6 Å². The molecule has 1 heterocycles. The predicted octanol–water partition coefficient (Wildman–Crippen LogP) is 3.92. The van der Waals surface area contributed by atoms with Crippen LogP contribution in [0.15, 0.2) is 29.4 Å². The molecule has 0 fully saturated rings. The van der Waals surface area contributed by atoms with Gasteiger partial charge < -0.3 is 0 Å². The van der Waals surface area contributed by atoms with Crippen LogP contribution in [-0.2, 0) is 0 Å². The van der Waals surface area contributed by atoms with Gasteiger partial charge in [-0.1, -0.05) is 30.3 Å². The van der Waals surface area contributed by atoms with Gasteiger partial charge in [-0.25, -0.2) is 14.4 Å². The Balaban J connectivity index is 2.60. The third kappa shape index (κ3) is 3.03. The summed E-state index contributed by atoms with van der Waals surface area (Å²) in [5.74, 6) is 0.455. The lowest BCUT2D eigenvalue weighted by molar-refractivity contribution is 0.628. The van der Waals surface area contributed by atoms with Crippen molar-refractivity contribution in [2.75, 3.05) is 5.75 Å². The minimum Gasteiger partial charge on any atom is -0.221 e. The summed E-state index contributed by atoms with van der Waals surface area (Å²) in [5.41, 5.74) is 1.27. The minimum absolute atomic E-state index is 0.118. The second-order valence-electron chi connectivity index (χ2n) is 3.57. The molecule has 0 aliphatic carbocycles. The molecule has 0 amide bonds. The van der Waals surface area contributed by atoms with Gasteiger partial charge in [-0.3, -0.25) is 0 Å². The Morgan fingerprint density at radius 2 is 2.00 bits per heavy atom. The van der Waals surface area contributed by atoms with Crippen molar-refractivity contribution in [1.29, 1.82) is 5.26 Å². The summed E-state index contributed by atoms with van der Waals surface area (Å²) in [6, 6.07) is 7.75. The van der Waals surface area contributed by atoms with Crippen LogP contribution in [-0.4, -0.2) is 15.7 Å². The summed E-state index contributed by atoms with van der Waals surface area (Å²) >= 11 is 7.42. The van der Waals surface area contributed by atoms with Crippen LogP contribution in [0.1, 0.15) is 12.5 Å². The molecule has 0 saturated heterocycles. The van der Waals surface area contributed by atoms with E-state index in [9.17, 15) is 4.39 Å². The van der Waals surface area contributed by atoms with Crippen LogP contribution < -0.4 is 0 Å². The second kappa shape index (κ2) is 6.00. The maximum absolute atomic E-state index is 12.9. The summed E-state index contributed by atoms with van der Waals surface area (Å²) in [5, 5.41) is 9.76. The molecule has 0 aliphatic rings. The van der Waals surface area contributed by atoms with Gasteiger partial charge in [-0.15, -0.1) is 0 Å². The SMILES string of the molecule is CCSc1nc(Cl)c(C#N)c(-c2ccc(F)cc2)n1. The standard InChI is InChI=1S/C13H9ClFN3S/c1-2-19-13-17-11(10(7-16)12(14)18-13)8-3-5-9(15)6-4-8/h3-6H,2H2,1H3. The number of nitriles is 1. The van der Waals surface area contributed by atoms with Crippen LogP contribution in [0.4, 0.5) is 4.39 Å². The summed E-state index contributed by atoms with van der Waals surface area (Å²) in [6.45, 7) is 1.97. The maximum Gasteiger partial charge on any atom is 0.189 e. The average molecular weight is 294 g/mol. The first-order valence-electron chi connectivity index (χ1n) is 5.52. The number of halogens is 2. The molecule has 2 aromatic rings. The molecule has 0 radical (unpaired) electrons. The minimum atomic E-state index is -0.342. The van der Waals surface area contributed by atoms with Gasteiger partial charge in [0.25, 0.3) is 0 Å². The van der Waals surface area contributed by atoms with Crippen molar-refractivity contribution in [2.45, 2.75) is 12.1 Å². The van der Waals surface area contributed by atoms with Crippen LogP contribution in [0.25, 0.3) is 11.3 Å². The highest BCUT2D eigenvalue weighted by molar-refractivity contribution is 7.99. The number of hydrogen-bond acceptors (Lipinski definition) is 4. The zero-order valence-electron chi connectivity index (χ0n) is 10.0. The number of aromatic nitrogens is 2. The highest BCUT2D eigenvalue weighted by atomic mass is 35.5. The molecule has 1 aromatic heterocycles. The third-order valence-corrected chi connectivity index (χ3v) is 3.35. The fourth-order valence-electron chi connectivity index (χ4n) is 1.52. The fraction of sp³-hybridized carbons (Fsp3) is 0.154. The van der Waals surface area contributed by atoms with E-state index in [4.69, 9.17) is 16.9 Å². The molecular formula is C13H9ClFN3S. The van der Waals surface area contributed by atoms with Crippen LogP contribution >= 0.6 is 23.4 Å². The first-order valence-corrected chi connectivity index (χ1v) is 6.88. The van der Waals surface area contributed by atoms with Crippen molar-refractivity contribution in [3.05, 3.63) is 40.8 Å². The fourth-order valence-corrected chi connectivity index (χ4v) is 2.36. The molecule has 0 atom stereocenters. The lowest BCUT2D eigenvalue weighted by Crippen LogP contribution is -1.97. The van der Waals surface area contributed by atoms with Crippen molar-refractivity contribution in [3.63, 3.8) is 0 Å². The van der Waals surface area contributed by atoms with E-state index in [0.29, 0.717) is 16.4 Å². The predicted molar refractivity (Wildman–Crippen MR) is 73.5 cm³/mol. The van der Waals surface area contributed by atoms with Crippen LogP contribution in [0, 0.1) is 17.1 Å². The molecule has 0 aliphatic heterocycles. The highest BCUT2D eigenvalue weighted by Gasteiger charge is 2.14. The first kappa shape index (κ1) is 13.8. The van der Waals surface area contributed by atoms with Crippen molar-refractivity contribution in [2.24, 2.45) is 0 Å². The lowest BCUT2D eigenvalue weighted by atomic mass is 10.1. The van der Waals surface area contributed by atoms with Gasteiger partial charge in [-0.2, -0.15) is 5.26 Å². The number of thioether (sulfide) groups is 1. The van der Waals surface area contributed by atoms with Gasteiger partial charge in [0.15, 0.2) is 10.3 Å². The van der Waals surface area contributed by atoms with Crippen LogP contribution in [0.5, 0.6) is 0 Å². The van der Waals surface area contributed by atoms with Gasteiger partial charge in [0, 0.05) is 5.56 Å². The largest absolute Gasteiger partial charge is 0.221 e. The number of benzene rings is 1. The first-order chi connectivity index (χ1) is 9.15. The molecule has 0 spiro atoms. The zero-order valence-corrected chi connectivity index (χ0v) is 11.6. The van der Waals surface area contributed by atoms with Crippen molar-refractivity contribution >= 4 is 23.4 Å². The van der Waals surface area contributed by atoms with E-state index in [0.717, 1.165) is 5.75 Å². The van der Waals surface area contributed by atoms with Crippen molar-refractivity contribution in [3.8, 4) is 17.3 Å². The van der Waals surface area contributed by atoms with Crippen molar-refractivity contribution < 1.29 is 4.39 Å². The Labute approximate surface area is 119 Å². The van der Waals surface area contributed by atoms with Crippen molar-refractivity contribution in [1.82, 2.24) is 9.97 Å². The van der Waals surface area contributed by atoms with Crippen LogP contribution in [0.2, 0.25) is 5.15 Å². The summed E-state index contributed by atoms with van der Waals surface area (Å²) < 4.78 is 12.9. The highest BCUT2D eigenvalue weighted by Crippen LogP contribution is 2.28. The Morgan fingerprint density at radius 1 is 1.32 bits per heavy atom.